The topological polar surface area (TPSA) is 54.2 Å². The van der Waals surface area contributed by atoms with Crippen LogP contribution in [0.3, 0.4) is 0 Å². The Kier molecular flexibility index (Phi) is 5.83. The Bertz CT molecular complexity index is 400. The van der Waals surface area contributed by atoms with E-state index < -0.39 is 6.55 Å². The highest BCUT2D eigenvalue weighted by molar-refractivity contribution is 5.79. The second-order valence-electron chi connectivity index (χ2n) is 3.39. The first-order chi connectivity index (χ1) is 8.69. The molecule has 0 fully saturated rings. The maximum Gasteiger partial charge on any atom is 0.319 e. The second kappa shape index (κ2) is 7.41. The van der Waals surface area contributed by atoms with Crippen molar-refractivity contribution in [1.82, 2.24) is 20.2 Å². The van der Waals surface area contributed by atoms with E-state index in [2.05, 4.69) is 27.2 Å². The van der Waals surface area contributed by atoms with E-state index in [0.29, 0.717) is 19.0 Å². The molecule has 5 nitrogen and oxygen atoms in total. The monoisotopic (exact) mass is 257 g/mol. The highest BCUT2D eigenvalue weighted by Crippen LogP contribution is 2.12. The number of alkyl halides is 2. The van der Waals surface area contributed by atoms with E-state index in [1.807, 2.05) is 6.92 Å². The molecule has 0 unspecified atom stereocenters. The van der Waals surface area contributed by atoms with Crippen LogP contribution in [0.25, 0.3) is 0 Å². The molecule has 100 valence electrons. The summed E-state index contributed by atoms with van der Waals surface area (Å²) in [5.74, 6) is 0.766. The number of guanidine groups is 1. The second-order valence-corrected chi connectivity index (χ2v) is 3.39. The molecule has 0 aromatic carbocycles. The third-order valence-electron chi connectivity index (χ3n) is 2.10. The number of nitrogens with zero attached hydrogens (tertiary/aromatic N) is 3. The number of aromatic nitrogens is 2. The summed E-state index contributed by atoms with van der Waals surface area (Å²) in [5.41, 5.74) is 0. The minimum absolute atomic E-state index is 0.0871. The fraction of sp³-hybridized carbons (Fsp3) is 0.455. The van der Waals surface area contributed by atoms with Gasteiger partial charge in [-0.1, -0.05) is 6.08 Å². The molecule has 1 heterocycles. The molecular formula is C11H17F2N5. The lowest BCUT2D eigenvalue weighted by atomic mass is 10.5. The molecule has 2 N–H and O–H groups in total. The van der Waals surface area contributed by atoms with Crippen molar-refractivity contribution in [1.29, 1.82) is 0 Å². The molecule has 18 heavy (non-hydrogen) atoms. The van der Waals surface area contributed by atoms with Gasteiger partial charge in [0, 0.05) is 25.5 Å². The molecule has 1 aromatic rings. The van der Waals surface area contributed by atoms with Crippen LogP contribution in [-0.4, -0.2) is 28.6 Å². The summed E-state index contributed by atoms with van der Waals surface area (Å²) in [7, 11) is 0. The largest absolute Gasteiger partial charge is 0.357 e. The van der Waals surface area contributed by atoms with E-state index >= 15 is 0 Å². The van der Waals surface area contributed by atoms with Gasteiger partial charge in [-0.3, -0.25) is 4.57 Å². The summed E-state index contributed by atoms with van der Waals surface area (Å²) >= 11 is 0. The first-order valence-corrected chi connectivity index (χ1v) is 5.62. The third kappa shape index (κ3) is 4.15. The lowest BCUT2D eigenvalue weighted by molar-refractivity contribution is 0.0671. The van der Waals surface area contributed by atoms with Crippen LogP contribution < -0.4 is 10.6 Å². The molecule has 0 aliphatic heterocycles. The van der Waals surface area contributed by atoms with Gasteiger partial charge in [0.2, 0.25) is 0 Å². The van der Waals surface area contributed by atoms with E-state index in [4.69, 9.17) is 0 Å². The van der Waals surface area contributed by atoms with Crippen molar-refractivity contribution in [3.8, 4) is 0 Å². The molecule has 0 spiro atoms. The van der Waals surface area contributed by atoms with Gasteiger partial charge in [0.15, 0.2) is 5.96 Å². The number of imidazole rings is 1. The van der Waals surface area contributed by atoms with Crippen LogP contribution in [0.15, 0.2) is 30.0 Å². The Balaban J connectivity index is 2.68. The SMILES string of the molecule is C=CCNC(=NCc1nccn1C(F)F)NCC. The minimum Gasteiger partial charge on any atom is -0.357 e. The number of halogens is 2. The average Bonchev–Trinajstić information content (AvgIpc) is 2.81. The summed E-state index contributed by atoms with van der Waals surface area (Å²) in [4.78, 5) is 8.02. The number of nitrogens with one attached hydrogen (secondary N) is 2. The van der Waals surface area contributed by atoms with Crippen LogP contribution in [0.2, 0.25) is 0 Å². The molecule has 0 aliphatic carbocycles. The zero-order chi connectivity index (χ0) is 13.4. The summed E-state index contributed by atoms with van der Waals surface area (Å²) < 4.78 is 25.9. The lowest BCUT2D eigenvalue weighted by Crippen LogP contribution is -2.37. The van der Waals surface area contributed by atoms with Crippen LogP contribution in [0.5, 0.6) is 0 Å². The lowest BCUT2D eigenvalue weighted by Gasteiger charge is -2.09. The smallest absolute Gasteiger partial charge is 0.319 e. The summed E-state index contributed by atoms with van der Waals surface area (Å²) in [6.45, 7) is 4.23. The average molecular weight is 257 g/mol. The van der Waals surface area contributed by atoms with Gasteiger partial charge in [-0.2, -0.15) is 8.78 Å². The van der Waals surface area contributed by atoms with Crippen LogP contribution >= 0.6 is 0 Å². The van der Waals surface area contributed by atoms with Crippen molar-refractivity contribution in [3.05, 3.63) is 30.9 Å². The fourth-order valence-electron chi connectivity index (χ4n) is 1.30. The van der Waals surface area contributed by atoms with Gasteiger partial charge < -0.3 is 10.6 Å². The number of hydrogen-bond donors (Lipinski definition) is 2. The summed E-state index contributed by atoms with van der Waals surface area (Å²) in [6.07, 6.45) is 4.26. The molecular weight excluding hydrogens is 240 g/mol. The highest BCUT2D eigenvalue weighted by Gasteiger charge is 2.10. The highest BCUT2D eigenvalue weighted by atomic mass is 19.3. The normalized spacial score (nSPS) is 11.7. The van der Waals surface area contributed by atoms with E-state index in [9.17, 15) is 8.78 Å². The van der Waals surface area contributed by atoms with Gasteiger partial charge in [-0.05, 0) is 6.92 Å². The van der Waals surface area contributed by atoms with Gasteiger partial charge >= 0.3 is 6.55 Å². The van der Waals surface area contributed by atoms with Crippen molar-refractivity contribution in [2.24, 2.45) is 4.99 Å². The molecule has 0 saturated carbocycles. The van der Waals surface area contributed by atoms with Gasteiger partial charge in [0.1, 0.15) is 12.4 Å². The first-order valence-electron chi connectivity index (χ1n) is 5.62. The summed E-state index contributed by atoms with van der Waals surface area (Å²) in [5, 5.41) is 5.97. The minimum atomic E-state index is -2.60. The fourth-order valence-corrected chi connectivity index (χ4v) is 1.30. The van der Waals surface area contributed by atoms with Crippen LogP contribution in [-0.2, 0) is 6.54 Å². The third-order valence-corrected chi connectivity index (χ3v) is 2.10. The zero-order valence-corrected chi connectivity index (χ0v) is 10.2. The summed E-state index contributed by atoms with van der Waals surface area (Å²) in [6, 6.07) is 0. The van der Waals surface area contributed by atoms with E-state index in [1.54, 1.807) is 6.08 Å². The van der Waals surface area contributed by atoms with Crippen LogP contribution in [0.4, 0.5) is 8.78 Å². The molecule has 0 radical (unpaired) electrons. The Morgan fingerprint density at radius 1 is 1.61 bits per heavy atom. The quantitative estimate of drug-likeness (QED) is 0.461. The molecule has 0 aliphatic rings. The van der Waals surface area contributed by atoms with Crippen molar-refractivity contribution in [2.75, 3.05) is 13.1 Å². The molecule has 7 heteroatoms. The molecule has 0 saturated heterocycles. The zero-order valence-electron chi connectivity index (χ0n) is 10.2. The van der Waals surface area contributed by atoms with Crippen molar-refractivity contribution in [3.63, 3.8) is 0 Å². The maximum atomic E-state index is 12.6. The molecule has 0 atom stereocenters. The van der Waals surface area contributed by atoms with Gasteiger partial charge in [0.05, 0.1) is 0 Å². The Morgan fingerprint density at radius 3 is 3.00 bits per heavy atom. The molecule has 0 amide bonds. The Morgan fingerprint density at radius 2 is 2.39 bits per heavy atom. The Hall–Kier alpha value is -1.92. The standard InChI is InChI=1S/C11H17F2N5/c1-3-5-16-11(14-4-2)17-8-9-15-6-7-18(9)10(12)13/h3,6-7,10H,1,4-5,8H2,2H3,(H2,14,16,17). The molecule has 1 rings (SSSR count). The predicted octanol–water partition coefficient (Wildman–Crippen LogP) is 1.52. The maximum absolute atomic E-state index is 12.6. The number of aliphatic imine (C=N–C) groups is 1. The van der Waals surface area contributed by atoms with Crippen molar-refractivity contribution >= 4 is 5.96 Å². The first kappa shape index (κ1) is 14.1. The predicted molar refractivity (Wildman–Crippen MR) is 66.5 cm³/mol. The van der Waals surface area contributed by atoms with Crippen LogP contribution in [0, 0.1) is 0 Å². The van der Waals surface area contributed by atoms with Crippen molar-refractivity contribution in [2.45, 2.75) is 20.0 Å². The van der Waals surface area contributed by atoms with Gasteiger partial charge in [0.25, 0.3) is 0 Å². The van der Waals surface area contributed by atoms with E-state index in [1.165, 1.54) is 12.4 Å². The van der Waals surface area contributed by atoms with Crippen molar-refractivity contribution < 1.29 is 8.78 Å². The van der Waals surface area contributed by atoms with Gasteiger partial charge in [-0.25, -0.2) is 9.98 Å². The van der Waals surface area contributed by atoms with Crippen LogP contribution in [0.1, 0.15) is 19.3 Å². The molecule has 1 aromatic heterocycles. The van der Waals surface area contributed by atoms with E-state index in [0.717, 1.165) is 4.57 Å². The Labute approximate surface area is 105 Å². The molecule has 0 bridgehead atoms. The van der Waals surface area contributed by atoms with Gasteiger partial charge in [-0.15, -0.1) is 6.58 Å². The number of rotatable bonds is 6. The number of hydrogen-bond acceptors (Lipinski definition) is 2. The van der Waals surface area contributed by atoms with E-state index in [-0.39, 0.29) is 12.4 Å².